The number of hydrogen-bond acceptors (Lipinski definition) is 5. The zero-order valence-corrected chi connectivity index (χ0v) is 13.5. The largest absolute Gasteiger partial charge is 0.331 e. The van der Waals surface area contributed by atoms with Crippen LogP contribution in [-0.2, 0) is 0 Å². The van der Waals surface area contributed by atoms with Crippen molar-refractivity contribution in [2.75, 3.05) is 5.32 Å². The Morgan fingerprint density at radius 2 is 2.04 bits per heavy atom. The SMILES string of the molecule is Cc1nnc(NC(=O)N[C@H](C)c2ccc(-n3cccn3)cc2)s1. The molecule has 2 amide bonds. The van der Waals surface area contributed by atoms with E-state index in [-0.39, 0.29) is 12.1 Å². The predicted octanol–water partition coefficient (Wildman–Crippen LogP) is 2.91. The van der Waals surface area contributed by atoms with Crippen LogP contribution >= 0.6 is 11.3 Å². The Labute approximate surface area is 137 Å². The van der Waals surface area contributed by atoms with Crippen LogP contribution in [0.1, 0.15) is 23.5 Å². The lowest BCUT2D eigenvalue weighted by Gasteiger charge is -2.14. The molecule has 23 heavy (non-hydrogen) atoms. The average Bonchev–Trinajstić information content (AvgIpc) is 3.19. The molecule has 3 rings (SSSR count). The van der Waals surface area contributed by atoms with E-state index < -0.39 is 0 Å². The first-order chi connectivity index (χ1) is 11.1. The fourth-order valence-corrected chi connectivity index (χ4v) is 2.68. The number of aryl methyl sites for hydroxylation is 1. The predicted molar refractivity (Wildman–Crippen MR) is 88.8 cm³/mol. The van der Waals surface area contributed by atoms with Gasteiger partial charge in [-0.3, -0.25) is 5.32 Å². The van der Waals surface area contributed by atoms with Gasteiger partial charge in [-0.2, -0.15) is 5.10 Å². The van der Waals surface area contributed by atoms with Gasteiger partial charge in [0.1, 0.15) is 5.01 Å². The molecule has 0 saturated heterocycles. The van der Waals surface area contributed by atoms with E-state index in [4.69, 9.17) is 0 Å². The fraction of sp³-hybridized carbons (Fsp3) is 0.200. The molecule has 0 spiro atoms. The number of carbonyl (C=O) groups is 1. The molecule has 8 heteroatoms. The van der Waals surface area contributed by atoms with E-state index in [1.165, 1.54) is 11.3 Å². The average molecular weight is 328 g/mol. The number of aromatic nitrogens is 4. The van der Waals surface area contributed by atoms with E-state index in [0.29, 0.717) is 5.13 Å². The molecule has 0 saturated carbocycles. The van der Waals surface area contributed by atoms with E-state index in [2.05, 4.69) is 25.9 Å². The number of nitrogens with zero attached hydrogens (tertiary/aromatic N) is 4. The molecule has 0 unspecified atom stereocenters. The molecule has 3 aromatic rings. The maximum absolute atomic E-state index is 12.0. The van der Waals surface area contributed by atoms with Gasteiger partial charge < -0.3 is 5.32 Å². The van der Waals surface area contributed by atoms with Gasteiger partial charge in [-0.15, -0.1) is 10.2 Å². The monoisotopic (exact) mass is 328 g/mol. The van der Waals surface area contributed by atoms with Crippen LogP contribution in [-0.4, -0.2) is 26.0 Å². The summed E-state index contributed by atoms with van der Waals surface area (Å²) in [6, 6.07) is 9.31. The number of urea groups is 1. The lowest BCUT2D eigenvalue weighted by molar-refractivity contribution is 0.249. The summed E-state index contributed by atoms with van der Waals surface area (Å²) in [6.07, 6.45) is 3.62. The molecule has 0 fully saturated rings. The molecule has 1 aromatic carbocycles. The molecule has 7 nitrogen and oxygen atoms in total. The Morgan fingerprint density at radius 3 is 2.65 bits per heavy atom. The second kappa shape index (κ2) is 6.57. The van der Waals surface area contributed by atoms with Crippen molar-refractivity contribution in [1.29, 1.82) is 0 Å². The third-order valence-corrected chi connectivity index (χ3v) is 4.01. The Morgan fingerprint density at radius 1 is 1.26 bits per heavy atom. The highest BCUT2D eigenvalue weighted by Gasteiger charge is 2.11. The number of benzene rings is 1. The van der Waals surface area contributed by atoms with Crippen LogP contribution in [0.2, 0.25) is 0 Å². The van der Waals surface area contributed by atoms with E-state index in [1.54, 1.807) is 10.9 Å². The second-order valence-corrected chi connectivity index (χ2v) is 6.17. The Kier molecular flexibility index (Phi) is 4.33. The number of hydrogen-bond donors (Lipinski definition) is 2. The number of amides is 2. The van der Waals surface area contributed by atoms with Gasteiger partial charge in [-0.25, -0.2) is 9.48 Å². The molecule has 2 heterocycles. The minimum atomic E-state index is -0.301. The van der Waals surface area contributed by atoms with E-state index in [0.717, 1.165) is 16.3 Å². The van der Waals surface area contributed by atoms with Crippen LogP contribution in [0.25, 0.3) is 5.69 Å². The lowest BCUT2D eigenvalue weighted by atomic mass is 10.1. The highest BCUT2D eigenvalue weighted by atomic mass is 32.1. The minimum Gasteiger partial charge on any atom is -0.331 e. The Hall–Kier alpha value is -2.74. The first-order valence-corrected chi connectivity index (χ1v) is 7.91. The zero-order chi connectivity index (χ0) is 16.2. The first kappa shape index (κ1) is 15.2. The summed E-state index contributed by atoms with van der Waals surface area (Å²) >= 11 is 1.34. The lowest BCUT2D eigenvalue weighted by Crippen LogP contribution is -2.31. The third kappa shape index (κ3) is 3.72. The van der Waals surface area contributed by atoms with Gasteiger partial charge in [0, 0.05) is 12.4 Å². The number of carbonyl (C=O) groups excluding carboxylic acids is 1. The maximum Gasteiger partial charge on any atom is 0.321 e. The molecule has 1 atom stereocenters. The van der Waals surface area contributed by atoms with Crippen molar-refractivity contribution < 1.29 is 4.79 Å². The van der Waals surface area contributed by atoms with Crippen LogP contribution in [0.3, 0.4) is 0 Å². The van der Waals surface area contributed by atoms with Crippen LogP contribution in [0, 0.1) is 6.92 Å². The van der Waals surface area contributed by atoms with Crippen molar-refractivity contribution in [2.45, 2.75) is 19.9 Å². The summed E-state index contributed by atoms with van der Waals surface area (Å²) in [5.41, 5.74) is 1.98. The van der Waals surface area contributed by atoms with Crippen molar-refractivity contribution in [3.63, 3.8) is 0 Å². The molecule has 0 aliphatic heterocycles. The van der Waals surface area contributed by atoms with E-state index in [1.807, 2.05) is 50.4 Å². The van der Waals surface area contributed by atoms with Gasteiger partial charge in [0.05, 0.1) is 11.7 Å². The quantitative estimate of drug-likeness (QED) is 0.771. The molecule has 0 bridgehead atoms. The topological polar surface area (TPSA) is 84.7 Å². The van der Waals surface area contributed by atoms with Gasteiger partial charge in [-0.05, 0) is 37.6 Å². The molecule has 0 aliphatic carbocycles. The fourth-order valence-electron chi connectivity index (χ4n) is 2.10. The van der Waals surface area contributed by atoms with Gasteiger partial charge in [0.2, 0.25) is 5.13 Å². The summed E-state index contributed by atoms with van der Waals surface area (Å²) < 4.78 is 1.78. The molecular formula is C15H16N6OS. The number of anilines is 1. The van der Waals surface area contributed by atoms with Crippen molar-refractivity contribution in [1.82, 2.24) is 25.3 Å². The molecule has 0 radical (unpaired) electrons. The molecule has 118 valence electrons. The first-order valence-electron chi connectivity index (χ1n) is 7.09. The smallest absolute Gasteiger partial charge is 0.321 e. The summed E-state index contributed by atoms with van der Waals surface area (Å²) in [4.78, 5) is 12.0. The van der Waals surface area contributed by atoms with Crippen molar-refractivity contribution in [3.05, 3.63) is 53.3 Å². The summed E-state index contributed by atoms with van der Waals surface area (Å²) in [5, 5.41) is 18.8. The number of rotatable bonds is 4. The number of nitrogens with one attached hydrogen (secondary N) is 2. The summed E-state index contributed by atoms with van der Waals surface area (Å²) in [5.74, 6) is 0. The normalized spacial score (nSPS) is 11.9. The van der Waals surface area contributed by atoms with E-state index in [9.17, 15) is 4.79 Å². The van der Waals surface area contributed by atoms with Gasteiger partial charge in [-0.1, -0.05) is 23.5 Å². The van der Waals surface area contributed by atoms with E-state index >= 15 is 0 Å². The minimum absolute atomic E-state index is 0.129. The van der Waals surface area contributed by atoms with Crippen molar-refractivity contribution >= 4 is 22.5 Å². The molecule has 0 aliphatic rings. The van der Waals surface area contributed by atoms with Gasteiger partial charge in [0.15, 0.2) is 0 Å². The molecule has 2 N–H and O–H groups in total. The maximum atomic E-state index is 12.0. The molecular weight excluding hydrogens is 312 g/mol. The summed E-state index contributed by atoms with van der Waals surface area (Å²) in [7, 11) is 0. The van der Waals surface area contributed by atoms with Crippen LogP contribution in [0.5, 0.6) is 0 Å². The van der Waals surface area contributed by atoms with Crippen LogP contribution in [0.15, 0.2) is 42.7 Å². The van der Waals surface area contributed by atoms with Crippen molar-refractivity contribution in [3.8, 4) is 5.69 Å². The second-order valence-electron chi connectivity index (χ2n) is 4.99. The molecule has 2 aromatic heterocycles. The Bertz CT molecular complexity index is 781. The Balaban J connectivity index is 1.61. The zero-order valence-electron chi connectivity index (χ0n) is 12.7. The van der Waals surface area contributed by atoms with Crippen molar-refractivity contribution in [2.24, 2.45) is 0 Å². The summed E-state index contributed by atoms with van der Waals surface area (Å²) in [6.45, 7) is 3.76. The highest BCUT2D eigenvalue weighted by Crippen LogP contribution is 2.17. The highest BCUT2D eigenvalue weighted by molar-refractivity contribution is 7.15. The van der Waals surface area contributed by atoms with Crippen LogP contribution in [0.4, 0.5) is 9.93 Å². The third-order valence-electron chi connectivity index (χ3n) is 3.26. The van der Waals surface area contributed by atoms with Crippen LogP contribution < -0.4 is 10.6 Å². The standard InChI is InChI=1S/C15H16N6OS/c1-10(17-14(22)18-15-20-19-11(2)23-15)12-4-6-13(7-5-12)21-9-3-8-16-21/h3-10H,1-2H3,(H2,17,18,20,22)/t10-/m1/s1. The van der Waals surface area contributed by atoms with Gasteiger partial charge in [0.25, 0.3) is 0 Å². The van der Waals surface area contributed by atoms with Gasteiger partial charge >= 0.3 is 6.03 Å².